The lowest BCUT2D eigenvalue weighted by Crippen LogP contribution is -2.00. The molecule has 4 heteroatoms. The van der Waals surface area contributed by atoms with Crippen LogP contribution in [0.5, 0.6) is 0 Å². The number of pyridine rings is 1. The van der Waals surface area contributed by atoms with Crippen LogP contribution >= 0.6 is 0 Å². The minimum Gasteiger partial charge on any atom is -0.339 e. The second-order valence-electron chi connectivity index (χ2n) is 5.86. The molecule has 102 valence electrons. The van der Waals surface area contributed by atoms with Gasteiger partial charge in [0.2, 0.25) is 0 Å². The quantitative estimate of drug-likeness (QED) is 0.642. The number of nitrogens with one attached hydrogen (secondary N) is 1. The van der Waals surface area contributed by atoms with Gasteiger partial charge in [-0.2, -0.15) is 0 Å². The van der Waals surface area contributed by atoms with E-state index in [1.165, 1.54) is 5.56 Å². The van der Waals surface area contributed by atoms with E-state index in [9.17, 15) is 9.59 Å². The fourth-order valence-electron chi connectivity index (χ4n) is 3.99. The van der Waals surface area contributed by atoms with Crippen molar-refractivity contribution in [1.82, 2.24) is 9.97 Å². The summed E-state index contributed by atoms with van der Waals surface area (Å²) in [4.78, 5) is 32.4. The Hall–Kier alpha value is -2.49. The first-order valence-electron chi connectivity index (χ1n) is 7.26. The summed E-state index contributed by atoms with van der Waals surface area (Å²) in [5.74, 6) is -0.0484. The first-order valence-corrected chi connectivity index (χ1v) is 7.26. The molecule has 2 heterocycles. The predicted octanol–water partition coefficient (Wildman–Crippen LogP) is 2.97. The molecule has 0 fully saturated rings. The summed E-state index contributed by atoms with van der Waals surface area (Å²) in [6, 6.07) is 3.84. The molecule has 0 aliphatic heterocycles. The molecule has 2 aliphatic carbocycles. The van der Waals surface area contributed by atoms with Gasteiger partial charge in [0.1, 0.15) is 5.65 Å². The maximum atomic E-state index is 12.4. The molecule has 1 N–H and O–H groups in total. The molecule has 0 atom stereocenters. The van der Waals surface area contributed by atoms with Crippen LogP contribution in [0.1, 0.15) is 44.7 Å². The van der Waals surface area contributed by atoms with Gasteiger partial charge in [0.25, 0.3) is 0 Å². The minimum absolute atomic E-state index is 0.00621. The second kappa shape index (κ2) is 3.58. The molecule has 4 nitrogen and oxygen atoms in total. The number of benzene rings is 1. The molecule has 5 rings (SSSR count). The Balaban J connectivity index is 2.11. The van der Waals surface area contributed by atoms with Crippen LogP contribution in [0.25, 0.3) is 21.9 Å². The van der Waals surface area contributed by atoms with Gasteiger partial charge < -0.3 is 4.98 Å². The Bertz CT molecular complexity index is 982. The number of rotatable bonds is 0. The molecule has 0 unspecified atom stereocenters. The molecule has 21 heavy (non-hydrogen) atoms. The van der Waals surface area contributed by atoms with Gasteiger partial charge >= 0.3 is 0 Å². The molecule has 0 amide bonds. The average molecular weight is 276 g/mol. The van der Waals surface area contributed by atoms with Crippen molar-refractivity contribution in [3.63, 3.8) is 0 Å². The van der Waals surface area contributed by atoms with Gasteiger partial charge in [0.15, 0.2) is 11.6 Å². The lowest BCUT2D eigenvalue weighted by atomic mass is 9.94. The molecule has 0 spiro atoms. The van der Waals surface area contributed by atoms with E-state index in [1.807, 2.05) is 12.1 Å². The number of nitrogens with zero attached hydrogens (tertiary/aromatic N) is 1. The highest BCUT2D eigenvalue weighted by Gasteiger charge is 2.36. The number of aromatic nitrogens is 2. The summed E-state index contributed by atoms with van der Waals surface area (Å²) in [6.45, 7) is 0. The topological polar surface area (TPSA) is 62.8 Å². The Morgan fingerprint density at radius 2 is 1.86 bits per heavy atom. The number of carbonyl (C=O) groups excluding carboxylic acids is 2. The number of fused-ring (bicyclic) bond motifs is 8. The molecule has 3 aromatic rings. The molecule has 0 radical (unpaired) electrons. The maximum absolute atomic E-state index is 12.4. The third-order valence-corrected chi connectivity index (χ3v) is 4.77. The van der Waals surface area contributed by atoms with Gasteiger partial charge in [0, 0.05) is 28.1 Å². The SMILES string of the molecule is O=C1CC(=O)c2c1c1c(c3[nH]c4ncccc4c23)CCC1. The van der Waals surface area contributed by atoms with Crippen LogP contribution in [0.4, 0.5) is 0 Å². The van der Waals surface area contributed by atoms with Gasteiger partial charge in [-0.25, -0.2) is 4.98 Å². The Morgan fingerprint density at radius 3 is 2.76 bits per heavy atom. The number of Topliss-reactive ketones (excluding diaryl/α,β-unsaturated/α-hetero) is 2. The molecule has 2 aromatic heterocycles. The van der Waals surface area contributed by atoms with Crippen LogP contribution in [0.15, 0.2) is 18.3 Å². The van der Waals surface area contributed by atoms with Crippen molar-refractivity contribution in [2.45, 2.75) is 25.7 Å². The van der Waals surface area contributed by atoms with Crippen LogP contribution in [-0.4, -0.2) is 21.5 Å². The predicted molar refractivity (Wildman–Crippen MR) is 78.9 cm³/mol. The summed E-state index contributed by atoms with van der Waals surface area (Å²) in [7, 11) is 0. The first kappa shape index (κ1) is 11.2. The zero-order chi connectivity index (χ0) is 14.1. The average Bonchev–Trinajstić information content (AvgIpc) is 3.14. The number of hydrogen-bond acceptors (Lipinski definition) is 3. The normalized spacial score (nSPS) is 17.0. The first-order chi connectivity index (χ1) is 10.3. The van der Waals surface area contributed by atoms with Gasteiger partial charge in [-0.1, -0.05) is 0 Å². The van der Waals surface area contributed by atoms with E-state index < -0.39 is 0 Å². The standard InChI is InChI=1S/C17H12N2O2/c20-11-7-12(21)15-13(11)8-3-1-4-9(8)16-14(15)10-5-2-6-18-17(10)19-16/h2,5-6H,1,3-4,7H2,(H,18,19). The summed E-state index contributed by atoms with van der Waals surface area (Å²) in [6.07, 6.45) is 4.67. The molecule has 2 aliphatic rings. The van der Waals surface area contributed by atoms with Gasteiger partial charge in [-0.3, -0.25) is 9.59 Å². The highest BCUT2D eigenvalue weighted by atomic mass is 16.2. The molecule has 0 saturated heterocycles. The number of H-pyrrole nitrogens is 1. The number of aromatic amines is 1. The van der Waals surface area contributed by atoms with Gasteiger partial charge in [-0.05, 0) is 42.5 Å². The third kappa shape index (κ3) is 1.23. The second-order valence-corrected chi connectivity index (χ2v) is 5.86. The van der Waals surface area contributed by atoms with Crippen LogP contribution in [0.2, 0.25) is 0 Å². The van der Waals surface area contributed by atoms with E-state index in [4.69, 9.17) is 0 Å². The number of carbonyl (C=O) groups is 2. The van der Waals surface area contributed by atoms with E-state index in [1.54, 1.807) is 6.20 Å². The number of ketones is 2. The summed E-state index contributed by atoms with van der Waals surface area (Å²) >= 11 is 0. The van der Waals surface area contributed by atoms with Crippen molar-refractivity contribution in [2.75, 3.05) is 0 Å². The Morgan fingerprint density at radius 1 is 1.05 bits per heavy atom. The largest absolute Gasteiger partial charge is 0.339 e. The number of hydrogen-bond donors (Lipinski definition) is 1. The van der Waals surface area contributed by atoms with Gasteiger partial charge in [-0.15, -0.1) is 0 Å². The molecule has 0 bridgehead atoms. The van der Waals surface area contributed by atoms with Crippen molar-refractivity contribution < 1.29 is 9.59 Å². The monoisotopic (exact) mass is 276 g/mol. The van der Waals surface area contributed by atoms with Crippen molar-refractivity contribution >= 4 is 33.5 Å². The Kier molecular flexibility index (Phi) is 1.91. The lowest BCUT2D eigenvalue weighted by molar-refractivity contribution is 0.0923. The maximum Gasteiger partial charge on any atom is 0.172 e. The molecular formula is C17H12N2O2. The summed E-state index contributed by atoms with van der Waals surface area (Å²) in [5.41, 5.74) is 5.45. The van der Waals surface area contributed by atoms with Crippen molar-refractivity contribution in [1.29, 1.82) is 0 Å². The van der Waals surface area contributed by atoms with E-state index in [0.29, 0.717) is 11.1 Å². The molecule has 0 saturated carbocycles. The zero-order valence-electron chi connectivity index (χ0n) is 11.3. The van der Waals surface area contributed by atoms with E-state index >= 15 is 0 Å². The van der Waals surface area contributed by atoms with Crippen LogP contribution in [-0.2, 0) is 12.8 Å². The summed E-state index contributed by atoms with van der Waals surface area (Å²) < 4.78 is 0. The van der Waals surface area contributed by atoms with Crippen molar-refractivity contribution in [3.05, 3.63) is 40.6 Å². The highest BCUT2D eigenvalue weighted by Crippen LogP contribution is 2.42. The minimum atomic E-state index is -0.0422. The van der Waals surface area contributed by atoms with E-state index in [-0.39, 0.29) is 18.0 Å². The lowest BCUT2D eigenvalue weighted by Gasteiger charge is -2.08. The van der Waals surface area contributed by atoms with E-state index in [2.05, 4.69) is 9.97 Å². The van der Waals surface area contributed by atoms with Gasteiger partial charge in [0.05, 0.1) is 11.9 Å². The molecular weight excluding hydrogens is 264 g/mol. The van der Waals surface area contributed by atoms with Crippen LogP contribution < -0.4 is 0 Å². The Labute approximate surface area is 120 Å². The van der Waals surface area contributed by atoms with E-state index in [0.717, 1.165) is 46.8 Å². The summed E-state index contributed by atoms with van der Waals surface area (Å²) in [5, 5.41) is 1.85. The number of aryl methyl sites for hydroxylation is 1. The highest BCUT2D eigenvalue weighted by molar-refractivity contribution is 6.32. The fraction of sp³-hybridized carbons (Fsp3) is 0.235. The smallest absolute Gasteiger partial charge is 0.172 e. The zero-order valence-corrected chi connectivity index (χ0v) is 11.3. The van der Waals surface area contributed by atoms with Crippen LogP contribution in [0.3, 0.4) is 0 Å². The van der Waals surface area contributed by atoms with Crippen molar-refractivity contribution in [2.24, 2.45) is 0 Å². The van der Waals surface area contributed by atoms with Crippen molar-refractivity contribution in [3.8, 4) is 0 Å². The fourth-order valence-corrected chi connectivity index (χ4v) is 3.99. The third-order valence-electron chi connectivity index (χ3n) is 4.77. The van der Waals surface area contributed by atoms with Crippen LogP contribution in [0, 0.1) is 0 Å². The molecule has 1 aromatic carbocycles.